The summed E-state index contributed by atoms with van der Waals surface area (Å²) in [5, 5.41) is 14.0. The van der Waals surface area contributed by atoms with Crippen molar-refractivity contribution in [2.75, 3.05) is 13.2 Å². The fourth-order valence-electron chi connectivity index (χ4n) is 3.83. The van der Waals surface area contributed by atoms with Crippen LogP contribution in [0.3, 0.4) is 0 Å². The van der Waals surface area contributed by atoms with Crippen molar-refractivity contribution in [3.8, 4) is 5.75 Å². The second-order valence-electron chi connectivity index (χ2n) is 10.2. The van der Waals surface area contributed by atoms with Crippen LogP contribution in [0.2, 0.25) is 0 Å². The number of hydrogen-bond acceptors (Lipinski definition) is 3. The van der Waals surface area contributed by atoms with E-state index >= 15 is 0 Å². The van der Waals surface area contributed by atoms with Gasteiger partial charge in [0, 0.05) is 23.7 Å². The topological polar surface area (TPSA) is 41.5 Å². The minimum Gasteiger partial charge on any atom is -0.490 e. The van der Waals surface area contributed by atoms with Crippen LogP contribution in [0.4, 0.5) is 0 Å². The van der Waals surface area contributed by atoms with Gasteiger partial charge in [0.2, 0.25) is 0 Å². The Labute approximate surface area is 166 Å². The molecule has 0 bridgehead atoms. The van der Waals surface area contributed by atoms with Crippen LogP contribution in [-0.2, 0) is 17.3 Å². The molecule has 3 nitrogen and oxygen atoms in total. The van der Waals surface area contributed by atoms with Gasteiger partial charge in [-0.05, 0) is 35.7 Å². The average molecular weight is 376 g/mol. The van der Waals surface area contributed by atoms with E-state index in [0.29, 0.717) is 19.2 Å². The Kier molecular flexibility index (Phi) is 7.38. The number of benzene rings is 1. The molecule has 0 spiro atoms. The summed E-state index contributed by atoms with van der Waals surface area (Å²) in [7, 11) is 0. The van der Waals surface area contributed by atoms with Crippen molar-refractivity contribution < 1.29 is 9.84 Å². The molecule has 1 aliphatic rings. The highest BCUT2D eigenvalue weighted by atomic mass is 16.5. The molecule has 2 rings (SSSR count). The van der Waals surface area contributed by atoms with Gasteiger partial charge in [0.15, 0.2) is 0 Å². The standard InChI is InChI=1S/C24H41NO2/c1-8-17-13-20(23(2,3)4)22(21(14-17)24(5,6)7)27-16-19(26)15-25-18-11-9-10-12-18/h13-14,18-19,25-26H,8-12,15-16H2,1-7H3. The molecule has 1 aromatic rings. The predicted molar refractivity (Wildman–Crippen MR) is 115 cm³/mol. The molecule has 1 aliphatic carbocycles. The Balaban J connectivity index is 2.19. The molecule has 0 radical (unpaired) electrons. The SMILES string of the molecule is CCc1cc(C(C)(C)C)c(OCC(O)CNC2CCCC2)c(C(C)(C)C)c1. The second-order valence-corrected chi connectivity index (χ2v) is 10.2. The van der Waals surface area contributed by atoms with Crippen molar-refractivity contribution in [3.63, 3.8) is 0 Å². The monoisotopic (exact) mass is 375 g/mol. The third kappa shape index (κ3) is 6.22. The summed E-state index contributed by atoms with van der Waals surface area (Å²) in [5.41, 5.74) is 3.81. The molecule has 3 heteroatoms. The lowest BCUT2D eigenvalue weighted by atomic mass is 9.78. The van der Waals surface area contributed by atoms with Crippen LogP contribution >= 0.6 is 0 Å². The van der Waals surface area contributed by atoms with E-state index in [0.717, 1.165) is 12.2 Å². The molecule has 1 unspecified atom stereocenters. The molecule has 0 aliphatic heterocycles. The first-order valence-electron chi connectivity index (χ1n) is 10.7. The van der Waals surface area contributed by atoms with E-state index in [2.05, 4.69) is 65.9 Å². The summed E-state index contributed by atoms with van der Waals surface area (Å²) in [5.74, 6) is 0.965. The number of ether oxygens (including phenoxy) is 1. The van der Waals surface area contributed by atoms with Crippen LogP contribution in [-0.4, -0.2) is 30.4 Å². The fraction of sp³-hybridized carbons (Fsp3) is 0.750. The average Bonchev–Trinajstić information content (AvgIpc) is 3.09. The Hall–Kier alpha value is -1.06. The molecular weight excluding hydrogens is 334 g/mol. The van der Waals surface area contributed by atoms with E-state index < -0.39 is 6.10 Å². The molecular formula is C24H41NO2. The minimum atomic E-state index is -0.489. The summed E-state index contributed by atoms with van der Waals surface area (Å²) in [6, 6.07) is 5.14. The molecule has 1 atom stereocenters. The first kappa shape index (κ1) is 22.2. The summed E-state index contributed by atoms with van der Waals surface area (Å²) >= 11 is 0. The van der Waals surface area contributed by atoms with Crippen molar-refractivity contribution >= 4 is 0 Å². The number of aliphatic hydroxyl groups excluding tert-OH is 1. The van der Waals surface area contributed by atoms with Gasteiger partial charge in [0.25, 0.3) is 0 Å². The maximum Gasteiger partial charge on any atom is 0.126 e. The third-order valence-electron chi connectivity index (χ3n) is 5.59. The molecule has 27 heavy (non-hydrogen) atoms. The van der Waals surface area contributed by atoms with Crippen molar-refractivity contribution in [2.45, 2.75) is 104 Å². The zero-order valence-corrected chi connectivity index (χ0v) is 18.6. The Morgan fingerprint density at radius 2 is 1.56 bits per heavy atom. The molecule has 0 saturated heterocycles. The largest absolute Gasteiger partial charge is 0.490 e. The lowest BCUT2D eigenvalue weighted by Gasteiger charge is -2.31. The minimum absolute atomic E-state index is 0.00639. The molecule has 1 fully saturated rings. The summed E-state index contributed by atoms with van der Waals surface area (Å²) < 4.78 is 6.31. The van der Waals surface area contributed by atoms with Crippen molar-refractivity contribution in [3.05, 3.63) is 28.8 Å². The normalized spacial score (nSPS) is 17.3. The number of nitrogens with one attached hydrogen (secondary N) is 1. The van der Waals surface area contributed by atoms with Gasteiger partial charge in [-0.1, -0.05) is 73.4 Å². The molecule has 1 aromatic carbocycles. The van der Waals surface area contributed by atoms with Gasteiger partial charge in [-0.3, -0.25) is 0 Å². The van der Waals surface area contributed by atoms with Gasteiger partial charge >= 0.3 is 0 Å². The first-order valence-corrected chi connectivity index (χ1v) is 10.7. The van der Waals surface area contributed by atoms with Crippen LogP contribution in [0.25, 0.3) is 0 Å². The summed E-state index contributed by atoms with van der Waals surface area (Å²) in [4.78, 5) is 0. The Morgan fingerprint density at radius 1 is 1.04 bits per heavy atom. The first-order chi connectivity index (χ1) is 12.5. The van der Waals surface area contributed by atoms with Gasteiger partial charge in [0.1, 0.15) is 18.5 Å². The lowest BCUT2D eigenvalue weighted by molar-refractivity contribution is 0.101. The fourth-order valence-corrected chi connectivity index (χ4v) is 3.83. The van der Waals surface area contributed by atoms with Crippen LogP contribution in [0.5, 0.6) is 5.75 Å². The van der Waals surface area contributed by atoms with Crippen molar-refractivity contribution in [1.82, 2.24) is 5.32 Å². The number of aryl methyl sites for hydroxylation is 1. The molecule has 1 saturated carbocycles. The highest BCUT2D eigenvalue weighted by Gasteiger charge is 2.28. The smallest absolute Gasteiger partial charge is 0.126 e. The maximum atomic E-state index is 10.5. The van der Waals surface area contributed by atoms with Crippen LogP contribution in [0.1, 0.15) is 90.8 Å². The number of aliphatic hydroxyl groups is 1. The third-order valence-corrected chi connectivity index (χ3v) is 5.59. The highest BCUT2D eigenvalue weighted by molar-refractivity contribution is 5.51. The highest BCUT2D eigenvalue weighted by Crippen LogP contribution is 2.41. The van der Waals surface area contributed by atoms with E-state index in [4.69, 9.17) is 4.74 Å². The number of rotatable bonds is 7. The molecule has 0 heterocycles. The van der Waals surface area contributed by atoms with E-state index in [1.54, 1.807) is 0 Å². The van der Waals surface area contributed by atoms with Crippen molar-refractivity contribution in [1.29, 1.82) is 0 Å². The molecule has 2 N–H and O–H groups in total. The predicted octanol–water partition coefficient (Wildman–Crippen LogP) is 5.12. The molecule has 154 valence electrons. The Bertz CT molecular complexity index is 569. The van der Waals surface area contributed by atoms with Gasteiger partial charge in [-0.15, -0.1) is 0 Å². The number of hydrogen-bond donors (Lipinski definition) is 2. The zero-order chi connectivity index (χ0) is 20.2. The van der Waals surface area contributed by atoms with Gasteiger partial charge < -0.3 is 15.2 Å². The molecule has 0 amide bonds. The second kappa shape index (κ2) is 8.96. The van der Waals surface area contributed by atoms with E-state index in [1.807, 2.05) is 0 Å². The maximum absolute atomic E-state index is 10.5. The van der Waals surface area contributed by atoms with E-state index in [1.165, 1.54) is 42.4 Å². The van der Waals surface area contributed by atoms with Crippen LogP contribution in [0, 0.1) is 0 Å². The van der Waals surface area contributed by atoms with Gasteiger partial charge in [0.05, 0.1) is 0 Å². The van der Waals surface area contributed by atoms with Gasteiger partial charge in [-0.25, -0.2) is 0 Å². The lowest BCUT2D eigenvalue weighted by Crippen LogP contribution is -2.37. The zero-order valence-electron chi connectivity index (χ0n) is 18.6. The summed E-state index contributed by atoms with van der Waals surface area (Å²) in [6.07, 6.45) is 5.59. The van der Waals surface area contributed by atoms with E-state index in [-0.39, 0.29) is 10.8 Å². The van der Waals surface area contributed by atoms with Gasteiger partial charge in [-0.2, -0.15) is 0 Å². The quantitative estimate of drug-likeness (QED) is 0.695. The Morgan fingerprint density at radius 3 is 2.00 bits per heavy atom. The molecule has 0 aromatic heterocycles. The van der Waals surface area contributed by atoms with E-state index in [9.17, 15) is 5.11 Å². The van der Waals surface area contributed by atoms with Crippen LogP contribution < -0.4 is 10.1 Å². The summed E-state index contributed by atoms with van der Waals surface area (Å²) in [6.45, 7) is 16.5. The van der Waals surface area contributed by atoms with Crippen molar-refractivity contribution in [2.24, 2.45) is 0 Å². The van der Waals surface area contributed by atoms with Crippen LogP contribution in [0.15, 0.2) is 12.1 Å².